The van der Waals surface area contributed by atoms with Gasteiger partial charge in [0.05, 0.1) is 10.9 Å². The van der Waals surface area contributed by atoms with Crippen molar-refractivity contribution < 1.29 is 18.0 Å². The van der Waals surface area contributed by atoms with Crippen LogP contribution >= 0.6 is 0 Å². The summed E-state index contributed by atoms with van der Waals surface area (Å²) < 4.78 is 24.5. The third-order valence-electron chi connectivity index (χ3n) is 3.80. The van der Waals surface area contributed by atoms with E-state index in [1.165, 1.54) is 19.1 Å². The molecule has 0 saturated heterocycles. The molecule has 6 nitrogen and oxygen atoms in total. The lowest BCUT2D eigenvalue weighted by Crippen LogP contribution is -2.28. The topological polar surface area (TPSA) is 85.2 Å². The van der Waals surface area contributed by atoms with E-state index in [9.17, 15) is 18.0 Å². The molecule has 0 aliphatic rings. The fourth-order valence-corrected chi connectivity index (χ4v) is 2.97. The van der Waals surface area contributed by atoms with E-state index in [0.29, 0.717) is 11.3 Å². The van der Waals surface area contributed by atoms with Crippen molar-refractivity contribution in [2.75, 3.05) is 6.26 Å². The van der Waals surface area contributed by atoms with Crippen molar-refractivity contribution >= 4 is 21.5 Å². The molecule has 128 valence electrons. The summed E-state index contributed by atoms with van der Waals surface area (Å²) in [7, 11) is -1.54. The molecule has 1 amide bonds. The van der Waals surface area contributed by atoms with Gasteiger partial charge in [0.1, 0.15) is 5.69 Å². The summed E-state index contributed by atoms with van der Waals surface area (Å²) in [4.78, 5) is 24.0. The Morgan fingerprint density at radius 3 is 2.21 bits per heavy atom. The van der Waals surface area contributed by atoms with Gasteiger partial charge in [-0.05, 0) is 37.6 Å². The number of aryl methyl sites for hydroxylation is 1. The van der Waals surface area contributed by atoms with Gasteiger partial charge in [0.2, 0.25) is 0 Å². The van der Waals surface area contributed by atoms with Crippen molar-refractivity contribution in [2.45, 2.75) is 24.8 Å². The second-order valence-electron chi connectivity index (χ2n) is 5.82. The molecule has 0 saturated carbocycles. The van der Waals surface area contributed by atoms with Crippen LogP contribution in [0.4, 0.5) is 0 Å². The number of rotatable bonds is 5. The number of benzene rings is 1. The highest BCUT2D eigenvalue weighted by Gasteiger charge is 2.17. The zero-order valence-corrected chi connectivity index (χ0v) is 14.8. The maximum Gasteiger partial charge on any atom is 0.268 e. The highest BCUT2D eigenvalue weighted by atomic mass is 32.2. The van der Waals surface area contributed by atoms with Crippen molar-refractivity contribution in [1.29, 1.82) is 0 Å². The lowest BCUT2D eigenvalue weighted by molar-refractivity contribution is 0.0931. The summed E-state index contributed by atoms with van der Waals surface area (Å²) in [5.74, 6) is -0.404. The molecule has 0 aliphatic heterocycles. The molecular formula is C17H20N2O4S. The Morgan fingerprint density at radius 1 is 1.17 bits per heavy atom. The Kier molecular flexibility index (Phi) is 4.94. The van der Waals surface area contributed by atoms with Crippen LogP contribution in [-0.2, 0) is 16.9 Å². The van der Waals surface area contributed by atoms with Gasteiger partial charge in [-0.2, -0.15) is 0 Å². The maximum atomic E-state index is 12.4. The number of aromatic nitrogens is 1. The first-order chi connectivity index (χ1) is 11.1. The van der Waals surface area contributed by atoms with Gasteiger partial charge in [-0.3, -0.25) is 9.59 Å². The van der Waals surface area contributed by atoms with E-state index in [1.54, 1.807) is 36.0 Å². The number of ketones is 1. The third-order valence-corrected chi connectivity index (χ3v) is 4.93. The van der Waals surface area contributed by atoms with Crippen molar-refractivity contribution in [2.24, 2.45) is 7.05 Å². The van der Waals surface area contributed by atoms with Gasteiger partial charge < -0.3 is 9.88 Å². The highest BCUT2D eigenvalue weighted by Crippen LogP contribution is 2.17. The van der Waals surface area contributed by atoms with E-state index in [1.807, 2.05) is 6.92 Å². The van der Waals surface area contributed by atoms with Crippen LogP contribution in [0.1, 0.15) is 46.3 Å². The largest absolute Gasteiger partial charge is 0.346 e. The smallest absolute Gasteiger partial charge is 0.268 e. The highest BCUT2D eigenvalue weighted by molar-refractivity contribution is 7.90. The number of carbonyl (C=O) groups is 2. The number of amides is 1. The van der Waals surface area contributed by atoms with E-state index < -0.39 is 9.84 Å². The number of hydrogen-bond donors (Lipinski definition) is 1. The minimum Gasteiger partial charge on any atom is -0.346 e. The standard InChI is InChI=1S/C17H20N2O4S/c1-11(13-5-7-15(8-6-13)24(4,22)23)18-17(21)16-9-14(12(2)20)10-19(16)3/h5-11H,1-4H3,(H,18,21)/t11-/m1/s1. The van der Waals surface area contributed by atoms with E-state index in [-0.39, 0.29) is 22.6 Å². The molecule has 1 aromatic carbocycles. The second-order valence-corrected chi connectivity index (χ2v) is 7.83. The first-order valence-corrected chi connectivity index (χ1v) is 9.27. The van der Waals surface area contributed by atoms with E-state index >= 15 is 0 Å². The minimum atomic E-state index is -3.24. The van der Waals surface area contributed by atoms with Gasteiger partial charge in [-0.1, -0.05) is 12.1 Å². The van der Waals surface area contributed by atoms with Crippen LogP contribution in [0.25, 0.3) is 0 Å². The number of hydrogen-bond acceptors (Lipinski definition) is 4. The van der Waals surface area contributed by atoms with Gasteiger partial charge in [0, 0.05) is 25.1 Å². The molecule has 7 heteroatoms. The number of sulfone groups is 1. The lowest BCUT2D eigenvalue weighted by Gasteiger charge is -2.15. The van der Waals surface area contributed by atoms with Crippen LogP contribution in [0.15, 0.2) is 41.4 Å². The summed E-state index contributed by atoms with van der Waals surface area (Å²) in [6, 6.07) is 7.63. The molecule has 2 rings (SSSR count). The molecule has 1 aromatic heterocycles. The molecule has 0 aliphatic carbocycles. The Bertz CT molecular complexity index is 880. The predicted molar refractivity (Wildman–Crippen MR) is 90.9 cm³/mol. The molecule has 2 aromatic rings. The molecule has 0 fully saturated rings. The molecular weight excluding hydrogens is 328 g/mol. The summed E-state index contributed by atoms with van der Waals surface area (Å²) in [5, 5.41) is 2.84. The molecule has 0 spiro atoms. The van der Waals surface area contributed by atoms with Crippen molar-refractivity contribution in [1.82, 2.24) is 9.88 Å². The zero-order chi connectivity index (χ0) is 18.1. The van der Waals surface area contributed by atoms with Crippen molar-refractivity contribution in [3.63, 3.8) is 0 Å². The normalized spacial score (nSPS) is 12.7. The van der Waals surface area contributed by atoms with E-state index in [4.69, 9.17) is 0 Å². The molecule has 1 heterocycles. The van der Waals surface area contributed by atoms with Crippen LogP contribution < -0.4 is 5.32 Å². The first kappa shape index (κ1) is 17.9. The molecule has 0 unspecified atom stereocenters. The Morgan fingerprint density at radius 2 is 1.75 bits per heavy atom. The van der Waals surface area contributed by atoms with Crippen LogP contribution in [0.3, 0.4) is 0 Å². The monoisotopic (exact) mass is 348 g/mol. The summed E-state index contributed by atoms with van der Waals surface area (Å²) in [6.07, 6.45) is 2.76. The predicted octanol–water partition coefficient (Wildman–Crippen LogP) is 2.12. The summed E-state index contributed by atoms with van der Waals surface area (Å²) in [5.41, 5.74) is 1.66. The van der Waals surface area contributed by atoms with E-state index in [2.05, 4.69) is 5.32 Å². The van der Waals surface area contributed by atoms with Crippen LogP contribution in [0.5, 0.6) is 0 Å². The third kappa shape index (κ3) is 3.91. The fraction of sp³-hybridized carbons (Fsp3) is 0.294. The Balaban J connectivity index is 2.15. The first-order valence-electron chi connectivity index (χ1n) is 7.38. The SMILES string of the molecule is CC(=O)c1cc(C(=O)N[C@H](C)c2ccc(S(C)(=O)=O)cc2)n(C)c1. The molecule has 0 bridgehead atoms. The number of nitrogens with zero attached hydrogens (tertiary/aromatic N) is 1. The van der Waals surface area contributed by atoms with Gasteiger partial charge in [-0.15, -0.1) is 0 Å². The average Bonchev–Trinajstić information content (AvgIpc) is 2.88. The zero-order valence-electron chi connectivity index (χ0n) is 14.0. The van der Waals surface area contributed by atoms with Crippen LogP contribution in [0.2, 0.25) is 0 Å². The lowest BCUT2D eigenvalue weighted by atomic mass is 10.1. The van der Waals surface area contributed by atoms with Crippen molar-refractivity contribution in [3.8, 4) is 0 Å². The number of nitrogens with one attached hydrogen (secondary N) is 1. The van der Waals surface area contributed by atoms with E-state index in [0.717, 1.165) is 11.8 Å². The van der Waals surface area contributed by atoms with Crippen LogP contribution in [-0.4, -0.2) is 30.9 Å². The molecule has 1 atom stereocenters. The average molecular weight is 348 g/mol. The second kappa shape index (κ2) is 6.60. The molecule has 24 heavy (non-hydrogen) atoms. The summed E-state index contributed by atoms with van der Waals surface area (Å²) in [6.45, 7) is 3.26. The molecule has 0 radical (unpaired) electrons. The van der Waals surface area contributed by atoms with Crippen LogP contribution in [0, 0.1) is 0 Å². The maximum absolute atomic E-state index is 12.4. The van der Waals surface area contributed by atoms with Gasteiger partial charge in [0.25, 0.3) is 5.91 Å². The number of carbonyl (C=O) groups excluding carboxylic acids is 2. The van der Waals surface area contributed by atoms with Gasteiger partial charge in [0.15, 0.2) is 15.6 Å². The Hall–Kier alpha value is -2.41. The number of Topliss-reactive ketones (excluding diaryl/α,β-unsaturated/α-hetero) is 1. The summed E-state index contributed by atoms with van der Waals surface area (Å²) >= 11 is 0. The van der Waals surface area contributed by atoms with Gasteiger partial charge >= 0.3 is 0 Å². The van der Waals surface area contributed by atoms with Crippen molar-refractivity contribution in [3.05, 3.63) is 53.3 Å². The fourth-order valence-electron chi connectivity index (χ4n) is 2.34. The molecule has 1 N–H and O–H groups in total. The minimum absolute atomic E-state index is 0.103. The quantitative estimate of drug-likeness (QED) is 0.839. The van der Waals surface area contributed by atoms with Gasteiger partial charge in [-0.25, -0.2) is 8.42 Å². The Labute approximate surface area is 141 Å².